The Hall–Kier alpha value is -2.54. The molecule has 0 saturated heterocycles. The summed E-state index contributed by atoms with van der Waals surface area (Å²) in [7, 11) is 5.03. The number of methoxy groups -OCH3 is 2. The number of fused-ring (bicyclic) bond motifs is 1. The lowest BCUT2D eigenvalue weighted by atomic mass is 10.2. The van der Waals surface area contributed by atoms with Gasteiger partial charge < -0.3 is 14.0 Å². The van der Waals surface area contributed by atoms with Gasteiger partial charge in [-0.2, -0.15) is 0 Å². The third-order valence-corrected chi connectivity index (χ3v) is 4.51. The molecule has 1 amide bonds. The number of anilines is 1. The molecule has 2 heterocycles. The maximum atomic E-state index is 12.6. The third-order valence-electron chi connectivity index (χ3n) is 3.63. The Balaban J connectivity index is 2.07. The van der Waals surface area contributed by atoms with Gasteiger partial charge >= 0.3 is 0 Å². The quantitative estimate of drug-likeness (QED) is 0.797. The maximum Gasteiger partial charge on any atom is 0.274 e. The number of carbonyl (C=O) groups is 1. The van der Waals surface area contributed by atoms with Crippen LogP contribution in [-0.4, -0.2) is 29.7 Å². The van der Waals surface area contributed by atoms with Crippen molar-refractivity contribution in [3.63, 3.8) is 0 Å². The van der Waals surface area contributed by atoms with Crippen LogP contribution in [0.15, 0.2) is 23.6 Å². The predicted octanol–water partition coefficient (Wildman–Crippen LogP) is 3.21. The molecule has 3 rings (SSSR count). The highest BCUT2D eigenvalue weighted by molar-refractivity contribution is 7.13. The number of thiazole rings is 1. The summed E-state index contributed by atoms with van der Waals surface area (Å²) < 4.78 is 12.6. The molecular weight excluding hydrogens is 314 g/mol. The Morgan fingerprint density at radius 1 is 1.26 bits per heavy atom. The fourth-order valence-corrected chi connectivity index (χ4v) is 3.23. The maximum absolute atomic E-state index is 12.6. The van der Waals surface area contributed by atoms with Crippen LogP contribution in [0.5, 0.6) is 11.5 Å². The van der Waals surface area contributed by atoms with Gasteiger partial charge in [0.2, 0.25) is 0 Å². The molecule has 0 spiro atoms. The summed E-state index contributed by atoms with van der Waals surface area (Å²) in [5.41, 5.74) is 2.20. The van der Waals surface area contributed by atoms with Crippen molar-refractivity contribution in [2.75, 3.05) is 19.5 Å². The average molecular weight is 331 g/mol. The van der Waals surface area contributed by atoms with Crippen LogP contribution in [0, 0.1) is 6.92 Å². The number of carbonyl (C=O) groups excluding carboxylic acids is 1. The van der Waals surface area contributed by atoms with Gasteiger partial charge in [-0.15, -0.1) is 11.3 Å². The standard InChI is InChI=1S/C16H17N3O3S/c1-9-8-23-16(17-9)18-15(20)11-7-10-12(21-3)5-6-13(22-4)14(10)19(11)2/h5-8H,1-4H3,(H,17,18,20). The summed E-state index contributed by atoms with van der Waals surface area (Å²) in [6, 6.07) is 5.45. The van der Waals surface area contributed by atoms with E-state index in [1.165, 1.54) is 11.3 Å². The SMILES string of the molecule is COc1ccc(OC)c2c1cc(C(=O)Nc1nc(C)cs1)n2C. The number of aromatic nitrogens is 2. The minimum Gasteiger partial charge on any atom is -0.496 e. The van der Waals surface area contributed by atoms with Gasteiger partial charge in [-0.05, 0) is 25.1 Å². The summed E-state index contributed by atoms with van der Waals surface area (Å²) >= 11 is 1.40. The van der Waals surface area contributed by atoms with Crippen molar-refractivity contribution in [2.45, 2.75) is 6.92 Å². The number of hydrogen-bond acceptors (Lipinski definition) is 5. The molecule has 0 unspecified atom stereocenters. The minimum atomic E-state index is -0.220. The number of benzene rings is 1. The summed E-state index contributed by atoms with van der Waals surface area (Å²) in [4.78, 5) is 16.8. The molecule has 0 aliphatic rings. The molecule has 0 aliphatic carbocycles. The lowest BCUT2D eigenvalue weighted by molar-refractivity contribution is 0.101. The van der Waals surface area contributed by atoms with Gasteiger partial charge in [0.1, 0.15) is 17.2 Å². The minimum absolute atomic E-state index is 0.220. The van der Waals surface area contributed by atoms with Gasteiger partial charge in [-0.1, -0.05) is 0 Å². The van der Waals surface area contributed by atoms with Crippen LogP contribution in [0.1, 0.15) is 16.2 Å². The molecule has 3 aromatic rings. The van der Waals surface area contributed by atoms with Crippen molar-refractivity contribution in [2.24, 2.45) is 7.05 Å². The van der Waals surface area contributed by atoms with Crippen LogP contribution >= 0.6 is 11.3 Å². The van der Waals surface area contributed by atoms with Gasteiger partial charge in [0, 0.05) is 17.8 Å². The van der Waals surface area contributed by atoms with Gasteiger partial charge in [0.25, 0.3) is 5.91 Å². The Morgan fingerprint density at radius 3 is 2.57 bits per heavy atom. The molecule has 0 bridgehead atoms. The van der Waals surface area contributed by atoms with Crippen molar-refractivity contribution in [3.8, 4) is 11.5 Å². The summed E-state index contributed by atoms with van der Waals surface area (Å²) in [6.07, 6.45) is 0. The van der Waals surface area contributed by atoms with Crippen LogP contribution < -0.4 is 14.8 Å². The van der Waals surface area contributed by atoms with E-state index in [4.69, 9.17) is 9.47 Å². The topological polar surface area (TPSA) is 65.4 Å². The van der Waals surface area contributed by atoms with E-state index in [0.29, 0.717) is 22.3 Å². The summed E-state index contributed by atoms with van der Waals surface area (Å²) in [6.45, 7) is 1.89. The lowest BCUT2D eigenvalue weighted by Crippen LogP contribution is -2.15. The molecule has 23 heavy (non-hydrogen) atoms. The van der Waals surface area contributed by atoms with E-state index >= 15 is 0 Å². The van der Waals surface area contributed by atoms with E-state index < -0.39 is 0 Å². The zero-order valence-electron chi connectivity index (χ0n) is 13.3. The third kappa shape index (κ3) is 2.63. The average Bonchev–Trinajstić information content (AvgIpc) is 3.10. The molecule has 6 nitrogen and oxygen atoms in total. The van der Waals surface area contributed by atoms with E-state index in [0.717, 1.165) is 16.6 Å². The number of nitrogens with one attached hydrogen (secondary N) is 1. The molecular formula is C16H17N3O3S. The monoisotopic (exact) mass is 331 g/mol. The molecule has 0 fully saturated rings. The van der Waals surface area contributed by atoms with Gasteiger partial charge in [-0.3, -0.25) is 10.1 Å². The molecule has 1 N–H and O–H groups in total. The van der Waals surface area contributed by atoms with Gasteiger partial charge in [0.05, 0.1) is 25.4 Å². The highest BCUT2D eigenvalue weighted by Gasteiger charge is 2.19. The number of ether oxygens (including phenoxy) is 2. The van der Waals surface area contributed by atoms with Gasteiger partial charge in [0.15, 0.2) is 5.13 Å². The van der Waals surface area contributed by atoms with Crippen molar-refractivity contribution in [1.82, 2.24) is 9.55 Å². The van der Waals surface area contributed by atoms with Crippen LogP contribution in [-0.2, 0) is 7.05 Å². The molecule has 0 aliphatic heterocycles. The number of aryl methyl sites for hydroxylation is 2. The highest BCUT2D eigenvalue weighted by atomic mass is 32.1. The normalized spacial score (nSPS) is 10.8. The molecule has 0 atom stereocenters. The Morgan fingerprint density at radius 2 is 1.96 bits per heavy atom. The summed E-state index contributed by atoms with van der Waals surface area (Å²) in [5, 5.41) is 6.12. The molecule has 7 heteroatoms. The smallest absolute Gasteiger partial charge is 0.274 e. The largest absolute Gasteiger partial charge is 0.496 e. The molecule has 0 saturated carbocycles. The Bertz CT molecular complexity index is 882. The van der Waals surface area contributed by atoms with E-state index in [2.05, 4.69) is 10.3 Å². The first-order valence-corrected chi connectivity index (χ1v) is 7.87. The highest BCUT2D eigenvalue weighted by Crippen LogP contribution is 2.35. The zero-order valence-corrected chi connectivity index (χ0v) is 14.2. The van der Waals surface area contributed by atoms with Crippen molar-refractivity contribution < 1.29 is 14.3 Å². The molecule has 2 aromatic heterocycles. The Labute approximate surface area is 137 Å². The molecule has 120 valence electrons. The first-order chi connectivity index (χ1) is 11.0. The van der Waals surface area contributed by atoms with Crippen LogP contribution in [0.3, 0.4) is 0 Å². The van der Waals surface area contributed by atoms with Gasteiger partial charge in [-0.25, -0.2) is 4.98 Å². The van der Waals surface area contributed by atoms with E-state index in [9.17, 15) is 4.79 Å². The van der Waals surface area contributed by atoms with Crippen molar-refractivity contribution >= 4 is 33.3 Å². The molecule has 0 radical (unpaired) electrons. The second-order valence-electron chi connectivity index (χ2n) is 5.07. The van der Waals surface area contributed by atoms with Crippen molar-refractivity contribution in [1.29, 1.82) is 0 Å². The summed E-state index contributed by atoms with van der Waals surface area (Å²) in [5.74, 6) is 1.16. The predicted molar refractivity (Wildman–Crippen MR) is 90.8 cm³/mol. The molecule has 1 aromatic carbocycles. The second kappa shape index (κ2) is 5.92. The van der Waals surface area contributed by atoms with Crippen LogP contribution in [0.4, 0.5) is 5.13 Å². The number of hydrogen-bond donors (Lipinski definition) is 1. The van der Waals surface area contributed by atoms with Crippen LogP contribution in [0.2, 0.25) is 0 Å². The van der Waals surface area contributed by atoms with Crippen LogP contribution in [0.25, 0.3) is 10.9 Å². The second-order valence-corrected chi connectivity index (χ2v) is 5.93. The Kier molecular flexibility index (Phi) is 3.96. The lowest BCUT2D eigenvalue weighted by Gasteiger charge is -2.08. The number of nitrogens with zero attached hydrogens (tertiary/aromatic N) is 2. The van der Waals surface area contributed by atoms with E-state index in [1.54, 1.807) is 24.9 Å². The van der Waals surface area contributed by atoms with Crippen molar-refractivity contribution in [3.05, 3.63) is 35.0 Å². The fourth-order valence-electron chi connectivity index (χ4n) is 2.54. The zero-order chi connectivity index (χ0) is 16.6. The van der Waals surface area contributed by atoms with E-state index in [1.807, 2.05) is 31.5 Å². The fraction of sp³-hybridized carbons (Fsp3) is 0.250. The number of rotatable bonds is 4. The number of amides is 1. The van der Waals surface area contributed by atoms with E-state index in [-0.39, 0.29) is 5.91 Å². The first kappa shape index (κ1) is 15.4. The first-order valence-electron chi connectivity index (χ1n) is 6.99.